The van der Waals surface area contributed by atoms with Crippen molar-refractivity contribution in [3.05, 3.63) is 62.6 Å². The number of nitrogens with one attached hydrogen (secondary N) is 1. The number of nitro benzene ring substituents is 1. The third-order valence-corrected chi connectivity index (χ3v) is 2.81. The van der Waals surface area contributed by atoms with Crippen LogP contribution in [-0.2, 0) is 7.05 Å². The van der Waals surface area contributed by atoms with Gasteiger partial charge in [-0.2, -0.15) is 0 Å². The Morgan fingerprint density at radius 2 is 2.05 bits per heavy atom. The molecule has 108 valence electrons. The van der Waals surface area contributed by atoms with Crippen molar-refractivity contribution in [2.24, 2.45) is 7.05 Å². The van der Waals surface area contributed by atoms with Crippen LogP contribution in [0.1, 0.15) is 10.4 Å². The monoisotopic (exact) mass is 289 g/mol. The molecule has 0 saturated carbocycles. The lowest BCUT2D eigenvalue weighted by atomic mass is 10.2. The molecule has 21 heavy (non-hydrogen) atoms. The molecule has 2 rings (SSSR count). The number of carbonyl (C=O) groups excluding carboxylic acids is 1. The van der Waals surface area contributed by atoms with E-state index < -0.39 is 16.6 Å². The van der Waals surface area contributed by atoms with Crippen molar-refractivity contribution in [3.63, 3.8) is 0 Å². The highest BCUT2D eigenvalue weighted by molar-refractivity contribution is 6.04. The number of amides is 1. The first kappa shape index (κ1) is 14.3. The number of nitrogens with zero attached hydrogens (tertiary/aromatic N) is 2. The number of anilines is 1. The first-order valence-electron chi connectivity index (χ1n) is 5.84. The van der Waals surface area contributed by atoms with Gasteiger partial charge in [0.15, 0.2) is 0 Å². The van der Waals surface area contributed by atoms with Gasteiger partial charge in [0.25, 0.3) is 17.2 Å². The standard InChI is InChI=1S/C13H11N3O5/c1-15-5-4-8(6-12(15)18)13(19)14-10-3-2-9(16(20)21)7-11(10)17/h2-7,17H,1H3,(H,14,19). The first-order valence-corrected chi connectivity index (χ1v) is 5.84. The molecule has 0 saturated heterocycles. The number of nitro groups is 1. The minimum absolute atomic E-state index is 0.0197. The second-order valence-electron chi connectivity index (χ2n) is 4.28. The van der Waals surface area contributed by atoms with E-state index in [-0.39, 0.29) is 22.5 Å². The molecular formula is C13H11N3O5. The van der Waals surface area contributed by atoms with E-state index in [0.29, 0.717) is 0 Å². The summed E-state index contributed by atoms with van der Waals surface area (Å²) in [5.74, 6) is -1.03. The molecule has 2 aromatic rings. The number of aromatic hydroxyl groups is 1. The lowest BCUT2D eigenvalue weighted by Gasteiger charge is -2.07. The number of carbonyl (C=O) groups is 1. The van der Waals surface area contributed by atoms with Crippen molar-refractivity contribution in [2.45, 2.75) is 0 Å². The van der Waals surface area contributed by atoms with Crippen LogP contribution in [0.2, 0.25) is 0 Å². The predicted molar refractivity (Wildman–Crippen MR) is 74.4 cm³/mol. The predicted octanol–water partition coefficient (Wildman–Crippen LogP) is 1.25. The van der Waals surface area contributed by atoms with Crippen LogP contribution in [-0.4, -0.2) is 20.5 Å². The summed E-state index contributed by atoms with van der Waals surface area (Å²) in [6, 6.07) is 5.89. The third kappa shape index (κ3) is 3.06. The second-order valence-corrected chi connectivity index (χ2v) is 4.28. The van der Waals surface area contributed by atoms with Gasteiger partial charge >= 0.3 is 0 Å². The molecule has 0 unspecified atom stereocenters. The maximum absolute atomic E-state index is 11.9. The van der Waals surface area contributed by atoms with Crippen LogP contribution in [0.5, 0.6) is 5.75 Å². The van der Waals surface area contributed by atoms with E-state index in [1.807, 2.05) is 0 Å². The van der Waals surface area contributed by atoms with Gasteiger partial charge < -0.3 is 15.0 Å². The number of pyridine rings is 1. The summed E-state index contributed by atoms with van der Waals surface area (Å²) in [7, 11) is 1.55. The summed E-state index contributed by atoms with van der Waals surface area (Å²) in [5, 5.41) is 22.6. The van der Waals surface area contributed by atoms with Gasteiger partial charge in [-0.1, -0.05) is 0 Å². The van der Waals surface area contributed by atoms with E-state index in [0.717, 1.165) is 18.2 Å². The number of aryl methyl sites for hydroxylation is 1. The highest BCUT2D eigenvalue weighted by atomic mass is 16.6. The average molecular weight is 289 g/mol. The molecule has 0 radical (unpaired) electrons. The van der Waals surface area contributed by atoms with Crippen molar-refractivity contribution in [1.29, 1.82) is 0 Å². The zero-order valence-electron chi connectivity index (χ0n) is 10.9. The molecule has 0 aliphatic carbocycles. The molecule has 2 N–H and O–H groups in total. The van der Waals surface area contributed by atoms with Crippen molar-refractivity contribution in [1.82, 2.24) is 4.57 Å². The highest BCUT2D eigenvalue weighted by Crippen LogP contribution is 2.28. The maximum Gasteiger partial charge on any atom is 0.273 e. The Morgan fingerprint density at radius 3 is 2.62 bits per heavy atom. The van der Waals surface area contributed by atoms with Crippen molar-refractivity contribution >= 4 is 17.3 Å². The molecule has 1 amide bonds. The Kier molecular flexibility index (Phi) is 3.70. The van der Waals surface area contributed by atoms with Gasteiger partial charge in [-0.3, -0.25) is 19.7 Å². The number of non-ortho nitro benzene ring substituents is 1. The number of aromatic nitrogens is 1. The Balaban J connectivity index is 2.25. The summed E-state index contributed by atoms with van der Waals surface area (Å²) in [6.07, 6.45) is 1.44. The molecule has 1 aromatic heterocycles. The normalized spacial score (nSPS) is 10.1. The van der Waals surface area contributed by atoms with E-state index in [1.54, 1.807) is 7.05 Å². The number of rotatable bonds is 3. The summed E-state index contributed by atoms with van der Waals surface area (Å²) >= 11 is 0. The van der Waals surface area contributed by atoms with Gasteiger partial charge in [0.1, 0.15) is 5.75 Å². The molecule has 0 atom stereocenters. The first-order chi connectivity index (χ1) is 9.88. The highest BCUT2D eigenvalue weighted by Gasteiger charge is 2.13. The Hall–Kier alpha value is -3.16. The van der Waals surface area contributed by atoms with Gasteiger partial charge in [0.05, 0.1) is 16.7 Å². The van der Waals surface area contributed by atoms with E-state index in [2.05, 4.69) is 5.32 Å². The molecule has 1 aromatic carbocycles. The van der Waals surface area contributed by atoms with Crippen molar-refractivity contribution in [3.8, 4) is 5.75 Å². The average Bonchev–Trinajstić information content (AvgIpc) is 2.43. The number of benzene rings is 1. The van der Waals surface area contributed by atoms with Gasteiger partial charge in [0, 0.05) is 30.9 Å². The zero-order valence-corrected chi connectivity index (χ0v) is 10.9. The summed E-state index contributed by atoms with van der Waals surface area (Å²) in [5.41, 5.74) is -0.503. The SMILES string of the molecule is Cn1ccc(C(=O)Nc2ccc([N+](=O)[O-])cc2O)cc1=O. The molecule has 0 bridgehead atoms. The fourth-order valence-electron chi connectivity index (χ4n) is 1.62. The van der Waals surface area contributed by atoms with Gasteiger partial charge in [0.2, 0.25) is 0 Å². The van der Waals surface area contributed by atoms with Crippen LogP contribution < -0.4 is 10.9 Å². The minimum Gasteiger partial charge on any atom is -0.506 e. The minimum atomic E-state index is -0.660. The molecule has 0 aliphatic rings. The van der Waals surface area contributed by atoms with Crippen LogP contribution in [0.3, 0.4) is 0 Å². The van der Waals surface area contributed by atoms with Gasteiger partial charge in [-0.25, -0.2) is 0 Å². The van der Waals surface area contributed by atoms with Gasteiger partial charge in [-0.15, -0.1) is 0 Å². The molecular weight excluding hydrogens is 278 g/mol. The van der Waals surface area contributed by atoms with Crippen molar-refractivity contribution in [2.75, 3.05) is 5.32 Å². The van der Waals surface area contributed by atoms with Gasteiger partial charge in [-0.05, 0) is 12.1 Å². The fourth-order valence-corrected chi connectivity index (χ4v) is 1.62. The lowest BCUT2D eigenvalue weighted by molar-refractivity contribution is -0.384. The fraction of sp³-hybridized carbons (Fsp3) is 0.0769. The Morgan fingerprint density at radius 1 is 1.33 bits per heavy atom. The topological polar surface area (TPSA) is 114 Å². The largest absolute Gasteiger partial charge is 0.506 e. The number of phenolic OH excluding ortho intramolecular Hbond substituents is 1. The summed E-state index contributed by atoms with van der Waals surface area (Å²) < 4.78 is 1.31. The van der Waals surface area contributed by atoms with E-state index in [1.165, 1.54) is 22.9 Å². The van der Waals surface area contributed by atoms with Crippen LogP contribution in [0.15, 0.2) is 41.3 Å². The molecule has 8 nitrogen and oxygen atoms in total. The summed E-state index contributed by atoms with van der Waals surface area (Å²) in [6.45, 7) is 0. The van der Waals surface area contributed by atoms with Crippen LogP contribution in [0.4, 0.5) is 11.4 Å². The second kappa shape index (κ2) is 5.45. The maximum atomic E-state index is 11.9. The number of hydrogen-bond acceptors (Lipinski definition) is 5. The smallest absolute Gasteiger partial charge is 0.273 e. The molecule has 0 aliphatic heterocycles. The van der Waals surface area contributed by atoms with Crippen LogP contribution in [0, 0.1) is 10.1 Å². The Labute approximate surface area is 118 Å². The quantitative estimate of drug-likeness (QED) is 0.501. The third-order valence-electron chi connectivity index (χ3n) is 2.81. The number of hydrogen-bond donors (Lipinski definition) is 2. The molecule has 8 heteroatoms. The van der Waals surface area contributed by atoms with E-state index >= 15 is 0 Å². The van der Waals surface area contributed by atoms with Crippen LogP contribution >= 0.6 is 0 Å². The Bertz CT molecular complexity index is 782. The zero-order chi connectivity index (χ0) is 15.6. The van der Waals surface area contributed by atoms with E-state index in [4.69, 9.17) is 0 Å². The molecule has 0 spiro atoms. The van der Waals surface area contributed by atoms with Crippen molar-refractivity contribution < 1.29 is 14.8 Å². The lowest BCUT2D eigenvalue weighted by Crippen LogP contribution is -2.20. The van der Waals surface area contributed by atoms with Crippen LogP contribution in [0.25, 0.3) is 0 Å². The van der Waals surface area contributed by atoms with E-state index in [9.17, 15) is 24.8 Å². The number of phenols is 1. The summed E-state index contributed by atoms with van der Waals surface area (Å²) in [4.78, 5) is 33.3. The molecule has 1 heterocycles. The molecule has 0 fully saturated rings.